The molecule has 1 aliphatic rings. The highest BCUT2D eigenvalue weighted by Crippen LogP contribution is 2.31. The Labute approximate surface area is 125 Å². The number of aromatic nitrogens is 1. The van der Waals surface area contributed by atoms with E-state index in [0.717, 1.165) is 13.0 Å². The fourth-order valence-electron chi connectivity index (χ4n) is 2.72. The Hall–Kier alpha value is -1.29. The average molecular weight is 296 g/mol. The van der Waals surface area contributed by atoms with Crippen LogP contribution in [0.4, 0.5) is 5.82 Å². The van der Waals surface area contributed by atoms with Gasteiger partial charge in [0.15, 0.2) is 0 Å². The molecule has 0 bridgehead atoms. The number of pyridine rings is 1. The highest BCUT2D eigenvalue weighted by Gasteiger charge is 2.30. The number of anilines is 1. The Balaban J connectivity index is 2.09. The summed E-state index contributed by atoms with van der Waals surface area (Å²) in [5.74, 6) is 1.75. The van der Waals surface area contributed by atoms with E-state index in [1.165, 1.54) is 6.42 Å². The lowest BCUT2D eigenvalue weighted by atomic mass is 9.97. The number of nitrogens with one attached hydrogen (secondary N) is 2. The number of carbonyl (C=O) groups is 1. The SMILES string of the molecule is CCNc1cc(C(=O)NC2CCC(C)C2C)cc(Cl)n1. The molecule has 1 aliphatic carbocycles. The molecular weight excluding hydrogens is 274 g/mol. The number of hydrogen-bond donors (Lipinski definition) is 2. The van der Waals surface area contributed by atoms with Crippen molar-refractivity contribution in [1.82, 2.24) is 10.3 Å². The van der Waals surface area contributed by atoms with Gasteiger partial charge >= 0.3 is 0 Å². The first-order valence-corrected chi connectivity index (χ1v) is 7.61. The standard InChI is InChI=1S/C15H22ClN3O/c1-4-17-14-8-11(7-13(16)19-14)15(20)18-12-6-5-9(2)10(12)3/h7-10,12H,4-6H2,1-3H3,(H,17,19)(H,18,20). The second kappa shape index (κ2) is 6.44. The minimum absolute atomic E-state index is 0.0700. The third kappa shape index (κ3) is 3.42. The fraction of sp³-hybridized carbons (Fsp3) is 0.600. The molecule has 0 saturated heterocycles. The van der Waals surface area contributed by atoms with Gasteiger partial charge in [0, 0.05) is 18.2 Å². The maximum atomic E-state index is 12.3. The Kier molecular flexibility index (Phi) is 4.86. The smallest absolute Gasteiger partial charge is 0.251 e. The van der Waals surface area contributed by atoms with Crippen LogP contribution in [0, 0.1) is 11.8 Å². The molecule has 1 heterocycles. The van der Waals surface area contributed by atoms with Crippen LogP contribution in [0.1, 0.15) is 44.0 Å². The van der Waals surface area contributed by atoms with E-state index < -0.39 is 0 Å². The van der Waals surface area contributed by atoms with Crippen molar-refractivity contribution in [1.29, 1.82) is 0 Å². The number of nitrogens with zero attached hydrogens (tertiary/aromatic N) is 1. The quantitative estimate of drug-likeness (QED) is 0.838. The molecule has 2 rings (SSSR count). The van der Waals surface area contributed by atoms with E-state index in [9.17, 15) is 4.79 Å². The third-order valence-electron chi connectivity index (χ3n) is 4.20. The summed E-state index contributed by atoms with van der Waals surface area (Å²) in [5, 5.41) is 6.53. The first-order chi connectivity index (χ1) is 9.51. The maximum Gasteiger partial charge on any atom is 0.251 e. The van der Waals surface area contributed by atoms with Gasteiger partial charge in [-0.3, -0.25) is 4.79 Å². The van der Waals surface area contributed by atoms with E-state index >= 15 is 0 Å². The van der Waals surface area contributed by atoms with E-state index in [0.29, 0.717) is 28.4 Å². The van der Waals surface area contributed by atoms with Crippen LogP contribution in [-0.4, -0.2) is 23.5 Å². The molecule has 1 aromatic rings. The van der Waals surface area contributed by atoms with Gasteiger partial charge in [-0.1, -0.05) is 25.4 Å². The van der Waals surface area contributed by atoms with Crippen molar-refractivity contribution in [2.75, 3.05) is 11.9 Å². The largest absolute Gasteiger partial charge is 0.370 e. The molecule has 0 aromatic carbocycles. The predicted molar refractivity (Wildman–Crippen MR) is 82.2 cm³/mol. The lowest BCUT2D eigenvalue weighted by molar-refractivity contribution is 0.0927. The highest BCUT2D eigenvalue weighted by molar-refractivity contribution is 6.29. The third-order valence-corrected chi connectivity index (χ3v) is 4.39. The second-order valence-corrected chi connectivity index (χ2v) is 5.98. The van der Waals surface area contributed by atoms with Crippen LogP contribution in [0.25, 0.3) is 0 Å². The molecule has 1 fully saturated rings. The van der Waals surface area contributed by atoms with Crippen LogP contribution in [0.15, 0.2) is 12.1 Å². The molecule has 0 radical (unpaired) electrons. The summed E-state index contributed by atoms with van der Waals surface area (Å²) in [7, 11) is 0. The molecule has 1 aromatic heterocycles. The zero-order valence-corrected chi connectivity index (χ0v) is 13.0. The summed E-state index contributed by atoms with van der Waals surface area (Å²) in [6.07, 6.45) is 2.22. The summed E-state index contributed by atoms with van der Waals surface area (Å²) in [6.45, 7) is 7.16. The Bertz CT molecular complexity index is 492. The van der Waals surface area contributed by atoms with Crippen molar-refractivity contribution >= 4 is 23.3 Å². The van der Waals surface area contributed by atoms with E-state index in [4.69, 9.17) is 11.6 Å². The minimum Gasteiger partial charge on any atom is -0.370 e. The summed E-state index contributed by atoms with van der Waals surface area (Å²) in [4.78, 5) is 16.5. The van der Waals surface area contributed by atoms with Gasteiger partial charge in [0.25, 0.3) is 5.91 Å². The molecule has 5 heteroatoms. The lowest BCUT2D eigenvalue weighted by Gasteiger charge is -2.19. The van der Waals surface area contributed by atoms with E-state index in [1.54, 1.807) is 12.1 Å². The number of carbonyl (C=O) groups excluding carboxylic acids is 1. The molecule has 0 spiro atoms. The van der Waals surface area contributed by atoms with Crippen molar-refractivity contribution in [3.63, 3.8) is 0 Å². The molecule has 4 nitrogen and oxygen atoms in total. The van der Waals surface area contributed by atoms with Crippen molar-refractivity contribution in [3.8, 4) is 0 Å². The van der Waals surface area contributed by atoms with Crippen LogP contribution in [-0.2, 0) is 0 Å². The van der Waals surface area contributed by atoms with Crippen LogP contribution < -0.4 is 10.6 Å². The molecule has 110 valence electrons. The predicted octanol–water partition coefficient (Wildman–Crippen LogP) is 3.33. The van der Waals surface area contributed by atoms with Gasteiger partial charge in [0.1, 0.15) is 11.0 Å². The summed E-state index contributed by atoms with van der Waals surface area (Å²) in [6, 6.07) is 3.61. The number of hydrogen-bond acceptors (Lipinski definition) is 3. The van der Waals surface area contributed by atoms with Gasteiger partial charge in [-0.25, -0.2) is 4.98 Å². The van der Waals surface area contributed by atoms with Crippen molar-refractivity contribution in [2.45, 2.75) is 39.7 Å². The van der Waals surface area contributed by atoms with E-state index in [1.807, 2.05) is 6.92 Å². The molecular formula is C15H22ClN3O. The molecule has 3 atom stereocenters. The normalized spacial score (nSPS) is 25.5. The molecule has 2 N–H and O–H groups in total. The first-order valence-electron chi connectivity index (χ1n) is 7.23. The van der Waals surface area contributed by atoms with Gasteiger partial charge in [-0.2, -0.15) is 0 Å². The number of halogens is 1. The van der Waals surface area contributed by atoms with Gasteiger partial charge < -0.3 is 10.6 Å². The Morgan fingerprint density at radius 3 is 2.75 bits per heavy atom. The average Bonchev–Trinajstić information content (AvgIpc) is 2.70. The van der Waals surface area contributed by atoms with Gasteiger partial charge in [0.05, 0.1) is 0 Å². The van der Waals surface area contributed by atoms with Crippen molar-refractivity contribution in [3.05, 3.63) is 22.8 Å². The monoisotopic (exact) mass is 295 g/mol. The summed E-state index contributed by atoms with van der Waals surface area (Å²) in [5.41, 5.74) is 0.563. The topological polar surface area (TPSA) is 54.0 Å². The van der Waals surface area contributed by atoms with Gasteiger partial charge in [-0.05, 0) is 43.7 Å². The number of amides is 1. The zero-order valence-electron chi connectivity index (χ0n) is 12.2. The lowest BCUT2D eigenvalue weighted by Crippen LogP contribution is -2.37. The molecule has 1 saturated carbocycles. The van der Waals surface area contributed by atoms with Crippen LogP contribution in [0.2, 0.25) is 5.15 Å². The Morgan fingerprint density at radius 1 is 1.40 bits per heavy atom. The van der Waals surface area contributed by atoms with Crippen LogP contribution >= 0.6 is 11.6 Å². The molecule has 20 heavy (non-hydrogen) atoms. The van der Waals surface area contributed by atoms with Crippen molar-refractivity contribution in [2.24, 2.45) is 11.8 Å². The van der Waals surface area contributed by atoms with Crippen molar-refractivity contribution < 1.29 is 4.79 Å². The first kappa shape index (κ1) is 15.1. The number of rotatable bonds is 4. The molecule has 0 aliphatic heterocycles. The molecule has 1 amide bonds. The van der Waals surface area contributed by atoms with Crippen LogP contribution in [0.5, 0.6) is 0 Å². The molecule has 3 unspecified atom stereocenters. The van der Waals surface area contributed by atoms with Gasteiger partial charge in [-0.15, -0.1) is 0 Å². The summed E-state index contributed by atoms with van der Waals surface area (Å²) >= 11 is 5.97. The fourth-order valence-corrected chi connectivity index (χ4v) is 2.93. The Morgan fingerprint density at radius 2 is 2.15 bits per heavy atom. The van der Waals surface area contributed by atoms with Crippen LogP contribution in [0.3, 0.4) is 0 Å². The van der Waals surface area contributed by atoms with E-state index in [-0.39, 0.29) is 11.9 Å². The second-order valence-electron chi connectivity index (χ2n) is 5.59. The minimum atomic E-state index is -0.0700. The van der Waals surface area contributed by atoms with E-state index in [2.05, 4.69) is 29.5 Å². The highest BCUT2D eigenvalue weighted by atomic mass is 35.5. The zero-order chi connectivity index (χ0) is 14.7. The van der Waals surface area contributed by atoms with Gasteiger partial charge in [0.2, 0.25) is 0 Å². The maximum absolute atomic E-state index is 12.3. The summed E-state index contributed by atoms with van der Waals surface area (Å²) < 4.78 is 0.